The second-order valence-corrected chi connectivity index (χ2v) is 4.52. The van der Waals surface area contributed by atoms with Gasteiger partial charge < -0.3 is 15.0 Å². The van der Waals surface area contributed by atoms with E-state index in [1.807, 2.05) is 6.92 Å². The summed E-state index contributed by atoms with van der Waals surface area (Å²) in [5.74, 6) is 0.860. The zero-order chi connectivity index (χ0) is 12.9. The number of hydrogen-bond donors (Lipinski definition) is 1. The summed E-state index contributed by atoms with van der Waals surface area (Å²) in [6.45, 7) is 16.1. The fourth-order valence-corrected chi connectivity index (χ4v) is 1.94. The lowest BCUT2D eigenvalue weighted by Gasteiger charge is -2.25. The summed E-state index contributed by atoms with van der Waals surface area (Å²) >= 11 is 0. The summed E-state index contributed by atoms with van der Waals surface area (Å²) in [4.78, 5) is 2.55. The summed E-state index contributed by atoms with van der Waals surface area (Å²) in [6, 6.07) is 0. The van der Waals surface area contributed by atoms with Crippen molar-refractivity contribution in [3.05, 3.63) is 0 Å². The molecule has 1 N–H and O–H groups in total. The monoisotopic (exact) mass is 244 g/mol. The fourth-order valence-electron chi connectivity index (χ4n) is 1.94. The van der Waals surface area contributed by atoms with Crippen molar-refractivity contribution in [2.24, 2.45) is 5.92 Å². The summed E-state index contributed by atoms with van der Waals surface area (Å²) < 4.78 is 5.29. The lowest BCUT2D eigenvalue weighted by molar-refractivity contribution is 0.147. The topological polar surface area (TPSA) is 24.5 Å². The van der Waals surface area contributed by atoms with E-state index in [0.29, 0.717) is 0 Å². The molecular weight excluding hydrogens is 212 g/mol. The Kier molecular flexibility index (Phi) is 12.3. The molecule has 0 amide bonds. The first-order chi connectivity index (χ1) is 8.28. The number of likely N-dealkylation sites (N-methyl/N-ethyl adjacent to an activating group) is 1. The molecule has 0 rings (SSSR count). The number of nitrogens with one attached hydrogen (secondary N) is 1. The maximum atomic E-state index is 5.29. The van der Waals surface area contributed by atoms with E-state index >= 15 is 0 Å². The van der Waals surface area contributed by atoms with E-state index in [0.717, 1.165) is 45.3 Å². The quantitative estimate of drug-likeness (QED) is 0.533. The smallest absolute Gasteiger partial charge is 0.0590 e. The van der Waals surface area contributed by atoms with Crippen LogP contribution in [0.25, 0.3) is 0 Å². The molecule has 3 heteroatoms. The zero-order valence-electron chi connectivity index (χ0n) is 12.3. The predicted molar refractivity (Wildman–Crippen MR) is 75.5 cm³/mol. The van der Waals surface area contributed by atoms with Crippen molar-refractivity contribution in [1.29, 1.82) is 0 Å². The minimum Gasteiger partial charge on any atom is -0.380 e. The van der Waals surface area contributed by atoms with E-state index in [2.05, 4.69) is 31.0 Å². The molecule has 0 radical (unpaired) electrons. The van der Waals surface area contributed by atoms with Crippen LogP contribution in [-0.2, 0) is 4.74 Å². The Balaban J connectivity index is 3.53. The first kappa shape index (κ1) is 16.9. The van der Waals surface area contributed by atoms with Gasteiger partial charge in [0, 0.05) is 32.8 Å². The molecule has 0 saturated heterocycles. The van der Waals surface area contributed by atoms with Gasteiger partial charge in [-0.05, 0) is 19.4 Å². The van der Waals surface area contributed by atoms with Gasteiger partial charge in [0.15, 0.2) is 0 Å². The van der Waals surface area contributed by atoms with Crippen LogP contribution in [0.3, 0.4) is 0 Å². The summed E-state index contributed by atoms with van der Waals surface area (Å²) in [7, 11) is 0. The zero-order valence-corrected chi connectivity index (χ0v) is 12.3. The standard InChI is InChI=1S/C14H32N2O/c1-5-14(6-2)13-16(7-3)11-9-15-10-12-17-8-4/h14-15H,5-13H2,1-4H3. The van der Waals surface area contributed by atoms with Crippen molar-refractivity contribution in [3.8, 4) is 0 Å². The van der Waals surface area contributed by atoms with Gasteiger partial charge in [-0.1, -0.05) is 33.6 Å². The van der Waals surface area contributed by atoms with Gasteiger partial charge >= 0.3 is 0 Å². The number of rotatable bonds is 12. The Bertz CT molecular complexity index is 149. The Morgan fingerprint density at radius 3 is 2.29 bits per heavy atom. The largest absolute Gasteiger partial charge is 0.380 e. The van der Waals surface area contributed by atoms with Gasteiger partial charge in [-0.15, -0.1) is 0 Å². The average molecular weight is 244 g/mol. The number of nitrogens with zero attached hydrogens (tertiary/aromatic N) is 1. The highest BCUT2D eigenvalue weighted by atomic mass is 16.5. The second-order valence-electron chi connectivity index (χ2n) is 4.52. The summed E-state index contributed by atoms with van der Waals surface area (Å²) in [6.07, 6.45) is 2.59. The van der Waals surface area contributed by atoms with Crippen molar-refractivity contribution >= 4 is 0 Å². The third kappa shape index (κ3) is 9.57. The molecule has 3 nitrogen and oxygen atoms in total. The minimum atomic E-state index is 0.817. The van der Waals surface area contributed by atoms with Crippen LogP contribution in [0.5, 0.6) is 0 Å². The molecule has 0 unspecified atom stereocenters. The highest BCUT2D eigenvalue weighted by molar-refractivity contribution is 4.64. The van der Waals surface area contributed by atoms with Crippen LogP contribution in [0, 0.1) is 5.92 Å². The van der Waals surface area contributed by atoms with E-state index in [4.69, 9.17) is 4.74 Å². The van der Waals surface area contributed by atoms with Crippen LogP contribution in [0.1, 0.15) is 40.5 Å². The molecule has 0 aromatic carbocycles. The van der Waals surface area contributed by atoms with Crippen LogP contribution >= 0.6 is 0 Å². The molecular formula is C14H32N2O. The van der Waals surface area contributed by atoms with Gasteiger partial charge in [-0.25, -0.2) is 0 Å². The molecule has 0 aliphatic heterocycles. The molecule has 0 heterocycles. The number of ether oxygens (including phenoxy) is 1. The van der Waals surface area contributed by atoms with E-state index < -0.39 is 0 Å². The second kappa shape index (κ2) is 12.3. The van der Waals surface area contributed by atoms with Gasteiger partial charge in [0.1, 0.15) is 0 Å². The van der Waals surface area contributed by atoms with Gasteiger partial charge in [0.05, 0.1) is 6.61 Å². The predicted octanol–water partition coefficient (Wildman–Crippen LogP) is 2.37. The molecule has 17 heavy (non-hydrogen) atoms. The molecule has 0 saturated carbocycles. The van der Waals surface area contributed by atoms with Crippen molar-refractivity contribution in [1.82, 2.24) is 10.2 Å². The fraction of sp³-hybridized carbons (Fsp3) is 1.00. The Hall–Kier alpha value is -0.120. The van der Waals surface area contributed by atoms with E-state index in [-0.39, 0.29) is 0 Å². The molecule has 0 fully saturated rings. The molecule has 104 valence electrons. The first-order valence-electron chi connectivity index (χ1n) is 7.29. The SMILES string of the molecule is CCOCCNCCN(CC)CC(CC)CC. The van der Waals surface area contributed by atoms with Gasteiger partial charge in [-0.3, -0.25) is 0 Å². The molecule has 0 bridgehead atoms. The lowest BCUT2D eigenvalue weighted by atomic mass is 10.0. The Morgan fingerprint density at radius 2 is 1.76 bits per heavy atom. The third-order valence-electron chi connectivity index (χ3n) is 3.35. The molecule has 0 atom stereocenters. The van der Waals surface area contributed by atoms with Crippen molar-refractivity contribution in [2.75, 3.05) is 45.9 Å². The van der Waals surface area contributed by atoms with Crippen LogP contribution in [0.15, 0.2) is 0 Å². The van der Waals surface area contributed by atoms with Gasteiger partial charge in [-0.2, -0.15) is 0 Å². The highest BCUT2D eigenvalue weighted by Crippen LogP contribution is 2.09. The first-order valence-corrected chi connectivity index (χ1v) is 7.29. The maximum absolute atomic E-state index is 5.29. The van der Waals surface area contributed by atoms with Crippen molar-refractivity contribution < 1.29 is 4.74 Å². The van der Waals surface area contributed by atoms with Gasteiger partial charge in [0.25, 0.3) is 0 Å². The normalized spacial score (nSPS) is 11.6. The van der Waals surface area contributed by atoms with Crippen LogP contribution < -0.4 is 5.32 Å². The molecule has 0 aliphatic carbocycles. The highest BCUT2D eigenvalue weighted by Gasteiger charge is 2.08. The molecule has 0 aromatic heterocycles. The maximum Gasteiger partial charge on any atom is 0.0590 e. The molecule has 0 spiro atoms. The Morgan fingerprint density at radius 1 is 1.06 bits per heavy atom. The molecule has 0 aromatic rings. The third-order valence-corrected chi connectivity index (χ3v) is 3.35. The average Bonchev–Trinajstić information content (AvgIpc) is 2.37. The van der Waals surface area contributed by atoms with Crippen molar-refractivity contribution in [2.45, 2.75) is 40.5 Å². The summed E-state index contributed by atoms with van der Waals surface area (Å²) in [5, 5.41) is 3.43. The van der Waals surface area contributed by atoms with E-state index in [1.54, 1.807) is 0 Å². The lowest BCUT2D eigenvalue weighted by Crippen LogP contribution is -2.36. The number of hydrogen-bond acceptors (Lipinski definition) is 3. The minimum absolute atomic E-state index is 0.817. The van der Waals surface area contributed by atoms with Crippen molar-refractivity contribution in [3.63, 3.8) is 0 Å². The van der Waals surface area contributed by atoms with Gasteiger partial charge in [0.2, 0.25) is 0 Å². The summed E-state index contributed by atoms with van der Waals surface area (Å²) in [5.41, 5.74) is 0. The van der Waals surface area contributed by atoms with Crippen LogP contribution in [0.4, 0.5) is 0 Å². The molecule has 0 aliphatic rings. The van der Waals surface area contributed by atoms with E-state index in [1.165, 1.54) is 19.4 Å². The Labute approximate surface area is 108 Å². The van der Waals surface area contributed by atoms with E-state index in [9.17, 15) is 0 Å². The van der Waals surface area contributed by atoms with Crippen LogP contribution in [-0.4, -0.2) is 50.8 Å². The van der Waals surface area contributed by atoms with Crippen LogP contribution in [0.2, 0.25) is 0 Å².